The van der Waals surface area contributed by atoms with Gasteiger partial charge in [-0.1, -0.05) is 18.2 Å². The zero-order valence-electron chi connectivity index (χ0n) is 11.0. The zero-order chi connectivity index (χ0) is 12.9. The number of aromatic nitrogens is 1. The topological polar surface area (TPSA) is 37.4 Å². The summed E-state index contributed by atoms with van der Waals surface area (Å²) in [4.78, 5) is 6.87. The average molecular weight is 257 g/mol. The van der Waals surface area contributed by atoms with E-state index in [4.69, 9.17) is 4.74 Å². The van der Waals surface area contributed by atoms with Crippen molar-refractivity contribution in [2.45, 2.75) is 0 Å². The summed E-state index contributed by atoms with van der Waals surface area (Å²) >= 11 is 0. The zero-order valence-corrected chi connectivity index (χ0v) is 11.0. The summed E-state index contributed by atoms with van der Waals surface area (Å²) in [5.41, 5.74) is 2.13. The molecule has 4 heteroatoms. The number of rotatable bonds is 4. The third-order valence-corrected chi connectivity index (χ3v) is 3.45. The molecular formula is C15H19N3O. The van der Waals surface area contributed by atoms with Gasteiger partial charge < -0.3 is 10.1 Å². The van der Waals surface area contributed by atoms with E-state index < -0.39 is 0 Å². The number of benzene rings is 1. The van der Waals surface area contributed by atoms with E-state index in [1.807, 2.05) is 24.4 Å². The van der Waals surface area contributed by atoms with Crippen LogP contribution in [0.3, 0.4) is 0 Å². The lowest BCUT2D eigenvalue weighted by atomic mass is 10.2. The van der Waals surface area contributed by atoms with Crippen LogP contribution in [0.2, 0.25) is 0 Å². The molecule has 1 aromatic carbocycles. The first kappa shape index (κ1) is 12.4. The Balaban J connectivity index is 1.56. The van der Waals surface area contributed by atoms with Gasteiger partial charge in [-0.2, -0.15) is 0 Å². The number of para-hydroxylation sites is 1. The van der Waals surface area contributed by atoms with Crippen molar-refractivity contribution >= 4 is 16.6 Å². The van der Waals surface area contributed by atoms with Gasteiger partial charge in [-0.3, -0.25) is 9.88 Å². The van der Waals surface area contributed by atoms with Gasteiger partial charge in [-0.15, -0.1) is 0 Å². The summed E-state index contributed by atoms with van der Waals surface area (Å²) in [7, 11) is 0. The van der Waals surface area contributed by atoms with E-state index in [-0.39, 0.29) is 0 Å². The second-order valence-corrected chi connectivity index (χ2v) is 4.80. The molecule has 0 amide bonds. The van der Waals surface area contributed by atoms with Gasteiger partial charge in [0.2, 0.25) is 0 Å². The maximum absolute atomic E-state index is 5.34. The van der Waals surface area contributed by atoms with E-state index in [2.05, 4.69) is 27.3 Å². The number of fused-ring (bicyclic) bond motifs is 1. The molecule has 4 nitrogen and oxygen atoms in total. The van der Waals surface area contributed by atoms with E-state index in [1.54, 1.807) is 0 Å². The minimum Gasteiger partial charge on any atom is -0.382 e. The van der Waals surface area contributed by atoms with Gasteiger partial charge in [0.15, 0.2) is 0 Å². The van der Waals surface area contributed by atoms with Crippen LogP contribution in [-0.2, 0) is 4.74 Å². The van der Waals surface area contributed by atoms with Crippen molar-refractivity contribution in [3.63, 3.8) is 0 Å². The molecule has 100 valence electrons. The number of hydrogen-bond acceptors (Lipinski definition) is 4. The fraction of sp³-hybridized carbons (Fsp3) is 0.400. The van der Waals surface area contributed by atoms with E-state index >= 15 is 0 Å². The highest BCUT2D eigenvalue weighted by Gasteiger charge is 2.09. The standard InChI is InChI=1S/C15H19N3O/c1-2-4-15-13(3-1)11-14(12-17-15)16-5-6-18-7-9-19-10-8-18/h1-4,11-12,16H,5-10H2. The summed E-state index contributed by atoms with van der Waals surface area (Å²) in [6.07, 6.45) is 1.90. The van der Waals surface area contributed by atoms with Crippen LogP contribution in [0.15, 0.2) is 36.5 Å². The number of morpholine rings is 1. The molecule has 1 aromatic heterocycles. The predicted molar refractivity (Wildman–Crippen MR) is 77.5 cm³/mol. The lowest BCUT2D eigenvalue weighted by molar-refractivity contribution is 0.0398. The largest absolute Gasteiger partial charge is 0.382 e. The average Bonchev–Trinajstić information content (AvgIpc) is 2.48. The first-order chi connectivity index (χ1) is 9.42. The summed E-state index contributed by atoms with van der Waals surface area (Å²) in [6, 6.07) is 10.3. The summed E-state index contributed by atoms with van der Waals surface area (Å²) in [5.74, 6) is 0. The van der Waals surface area contributed by atoms with E-state index in [0.29, 0.717) is 0 Å². The Hall–Kier alpha value is -1.65. The lowest BCUT2D eigenvalue weighted by Crippen LogP contribution is -2.39. The normalized spacial score (nSPS) is 16.6. The van der Waals surface area contributed by atoms with Crippen molar-refractivity contribution in [3.05, 3.63) is 36.5 Å². The fourth-order valence-corrected chi connectivity index (χ4v) is 2.35. The Kier molecular flexibility index (Phi) is 3.91. The van der Waals surface area contributed by atoms with Crippen LogP contribution in [0.4, 0.5) is 5.69 Å². The fourth-order valence-electron chi connectivity index (χ4n) is 2.35. The Morgan fingerprint density at radius 1 is 1.21 bits per heavy atom. The van der Waals surface area contributed by atoms with E-state index in [0.717, 1.165) is 50.6 Å². The van der Waals surface area contributed by atoms with Crippen LogP contribution in [0.25, 0.3) is 10.9 Å². The molecular weight excluding hydrogens is 238 g/mol. The molecule has 1 saturated heterocycles. The lowest BCUT2D eigenvalue weighted by Gasteiger charge is -2.26. The molecule has 3 rings (SSSR count). The first-order valence-electron chi connectivity index (χ1n) is 6.80. The highest BCUT2D eigenvalue weighted by atomic mass is 16.5. The number of hydrogen-bond donors (Lipinski definition) is 1. The molecule has 2 heterocycles. The summed E-state index contributed by atoms with van der Waals surface area (Å²) in [5, 5.41) is 4.62. The number of nitrogens with zero attached hydrogens (tertiary/aromatic N) is 2. The molecule has 0 atom stereocenters. The Bertz CT molecular complexity index is 538. The maximum Gasteiger partial charge on any atom is 0.0703 e. The highest BCUT2D eigenvalue weighted by Crippen LogP contribution is 2.15. The Morgan fingerprint density at radius 2 is 2.05 bits per heavy atom. The molecule has 2 aromatic rings. The van der Waals surface area contributed by atoms with Crippen LogP contribution < -0.4 is 5.32 Å². The van der Waals surface area contributed by atoms with Crippen molar-refractivity contribution < 1.29 is 4.74 Å². The molecule has 1 aliphatic heterocycles. The molecule has 0 unspecified atom stereocenters. The molecule has 1 fully saturated rings. The van der Waals surface area contributed by atoms with Gasteiger partial charge in [-0.25, -0.2) is 0 Å². The van der Waals surface area contributed by atoms with Gasteiger partial charge in [0, 0.05) is 31.6 Å². The minimum atomic E-state index is 0.859. The Labute approximate surface area is 113 Å². The molecule has 0 saturated carbocycles. The molecule has 1 N–H and O–H groups in total. The Morgan fingerprint density at radius 3 is 2.95 bits per heavy atom. The van der Waals surface area contributed by atoms with Crippen LogP contribution in [-0.4, -0.2) is 49.3 Å². The van der Waals surface area contributed by atoms with Crippen LogP contribution in [0.1, 0.15) is 0 Å². The van der Waals surface area contributed by atoms with Crippen molar-refractivity contribution in [3.8, 4) is 0 Å². The van der Waals surface area contributed by atoms with Crippen molar-refractivity contribution in [1.29, 1.82) is 0 Å². The second kappa shape index (κ2) is 5.99. The van der Waals surface area contributed by atoms with Gasteiger partial charge in [0.25, 0.3) is 0 Å². The highest BCUT2D eigenvalue weighted by molar-refractivity contribution is 5.81. The number of anilines is 1. The molecule has 0 bridgehead atoms. The monoisotopic (exact) mass is 257 g/mol. The SMILES string of the molecule is c1ccc2ncc(NCCN3CCOCC3)cc2c1. The second-order valence-electron chi connectivity index (χ2n) is 4.80. The smallest absolute Gasteiger partial charge is 0.0703 e. The number of pyridine rings is 1. The summed E-state index contributed by atoms with van der Waals surface area (Å²) in [6.45, 7) is 5.79. The van der Waals surface area contributed by atoms with Crippen molar-refractivity contribution in [2.24, 2.45) is 0 Å². The van der Waals surface area contributed by atoms with E-state index in [1.165, 1.54) is 5.39 Å². The van der Waals surface area contributed by atoms with E-state index in [9.17, 15) is 0 Å². The maximum atomic E-state index is 5.34. The molecule has 1 aliphatic rings. The number of ether oxygens (including phenoxy) is 1. The van der Waals surface area contributed by atoms with Crippen LogP contribution >= 0.6 is 0 Å². The first-order valence-corrected chi connectivity index (χ1v) is 6.80. The third kappa shape index (κ3) is 3.22. The van der Waals surface area contributed by atoms with Crippen LogP contribution in [0.5, 0.6) is 0 Å². The van der Waals surface area contributed by atoms with Crippen molar-refractivity contribution in [2.75, 3.05) is 44.7 Å². The van der Waals surface area contributed by atoms with Gasteiger partial charge in [0.1, 0.15) is 0 Å². The molecule has 0 spiro atoms. The molecule has 0 aliphatic carbocycles. The summed E-state index contributed by atoms with van der Waals surface area (Å²) < 4.78 is 5.34. The van der Waals surface area contributed by atoms with Gasteiger partial charge >= 0.3 is 0 Å². The third-order valence-electron chi connectivity index (χ3n) is 3.45. The van der Waals surface area contributed by atoms with Gasteiger partial charge in [-0.05, 0) is 12.1 Å². The van der Waals surface area contributed by atoms with Crippen LogP contribution in [0, 0.1) is 0 Å². The molecule has 19 heavy (non-hydrogen) atoms. The van der Waals surface area contributed by atoms with Crippen molar-refractivity contribution in [1.82, 2.24) is 9.88 Å². The molecule has 0 radical (unpaired) electrons. The minimum absolute atomic E-state index is 0.859. The van der Waals surface area contributed by atoms with Gasteiger partial charge in [0.05, 0.1) is 30.6 Å². The number of nitrogens with one attached hydrogen (secondary N) is 1. The predicted octanol–water partition coefficient (Wildman–Crippen LogP) is 1.98. The quantitative estimate of drug-likeness (QED) is 0.909.